The smallest absolute Gasteiger partial charge is 0.166 e. The second kappa shape index (κ2) is 12.7. The number of fused-ring (bicyclic) bond motifs is 10. The van der Waals surface area contributed by atoms with Crippen molar-refractivity contribution in [2.24, 2.45) is 0 Å². The summed E-state index contributed by atoms with van der Waals surface area (Å²) in [6.45, 7) is 0. The molecule has 13 aromatic rings. The van der Waals surface area contributed by atoms with Crippen molar-refractivity contribution in [3.63, 3.8) is 0 Å². The number of aromatic nitrogens is 4. The lowest BCUT2D eigenvalue weighted by Gasteiger charge is -2.16. The van der Waals surface area contributed by atoms with Gasteiger partial charge in [0.25, 0.3) is 0 Å². The molecular weight excluding hydrogens is 733 g/mol. The van der Waals surface area contributed by atoms with Crippen molar-refractivity contribution in [3.05, 3.63) is 194 Å². The van der Waals surface area contributed by atoms with Gasteiger partial charge in [-0.15, -0.1) is 0 Å². The van der Waals surface area contributed by atoms with E-state index in [2.05, 4.69) is 187 Å². The number of furan rings is 1. The molecule has 0 atom stereocenters. The van der Waals surface area contributed by atoms with Crippen LogP contribution in [0.2, 0.25) is 0 Å². The fourth-order valence-corrected chi connectivity index (χ4v) is 9.18. The van der Waals surface area contributed by atoms with Crippen LogP contribution in [0.3, 0.4) is 0 Å². The summed E-state index contributed by atoms with van der Waals surface area (Å²) in [6.07, 6.45) is 0. The van der Waals surface area contributed by atoms with Crippen LogP contribution in [0, 0.1) is 0 Å². The number of rotatable bonds is 4. The van der Waals surface area contributed by atoms with E-state index in [4.69, 9.17) is 19.4 Å². The highest BCUT2D eigenvalue weighted by Crippen LogP contribution is 2.43. The molecule has 5 nitrogen and oxygen atoms in total. The maximum absolute atomic E-state index is 6.62. The first kappa shape index (κ1) is 32.9. The van der Waals surface area contributed by atoms with Crippen molar-refractivity contribution in [2.45, 2.75) is 0 Å². The van der Waals surface area contributed by atoms with Gasteiger partial charge in [0.1, 0.15) is 11.2 Å². The van der Waals surface area contributed by atoms with Crippen LogP contribution in [0.4, 0.5) is 0 Å². The van der Waals surface area contributed by atoms with Gasteiger partial charge < -0.3 is 8.98 Å². The molecule has 0 unspecified atom stereocenters. The van der Waals surface area contributed by atoms with E-state index in [0.717, 1.165) is 76.9 Å². The Kier molecular flexibility index (Phi) is 6.95. The Bertz CT molecular complexity index is 3720. The Morgan fingerprint density at radius 1 is 0.317 bits per heavy atom. The third-order valence-electron chi connectivity index (χ3n) is 12.1. The highest BCUT2D eigenvalue weighted by molar-refractivity contribution is 6.18. The van der Waals surface area contributed by atoms with Crippen LogP contribution in [0.25, 0.3) is 127 Å². The standard InChI is InChI=1S/C55H32N4O/c1-3-13-35-25-41(23-21-33(35)11-1)53-56-54(42-24-22-34-12-2-4-14-36(34)26-42)58-55(57-53)47-32-52-46(43-19-9-10-20-51(43)60-52)31-50(47)59-48-29-39-17-7-5-15-37(39)27-44(48)45-28-38-16-6-8-18-40(38)30-49(45)59/h1-32H. The summed E-state index contributed by atoms with van der Waals surface area (Å²) in [6, 6.07) is 68.8. The molecule has 3 aromatic heterocycles. The maximum Gasteiger partial charge on any atom is 0.166 e. The van der Waals surface area contributed by atoms with Crippen LogP contribution in [0.5, 0.6) is 0 Å². The Morgan fingerprint density at radius 2 is 0.767 bits per heavy atom. The van der Waals surface area contributed by atoms with Gasteiger partial charge in [-0.3, -0.25) is 0 Å². The van der Waals surface area contributed by atoms with E-state index in [1.165, 1.54) is 32.3 Å². The third kappa shape index (κ3) is 5.09. The first-order valence-corrected chi connectivity index (χ1v) is 20.2. The average Bonchev–Trinajstić information content (AvgIpc) is 3.82. The number of nitrogens with zero attached hydrogens (tertiary/aromatic N) is 4. The van der Waals surface area contributed by atoms with Crippen LogP contribution in [0.1, 0.15) is 0 Å². The minimum absolute atomic E-state index is 0.560. The fraction of sp³-hybridized carbons (Fsp3) is 0. The second-order valence-corrected chi connectivity index (χ2v) is 15.7. The van der Waals surface area contributed by atoms with E-state index in [1.54, 1.807) is 0 Å². The van der Waals surface area contributed by atoms with Crippen molar-refractivity contribution >= 4 is 86.8 Å². The molecule has 0 radical (unpaired) electrons. The normalized spacial score (nSPS) is 12.0. The first-order valence-electron chi connectivity index (χ1n) is 20.2. The number of benzene rings is 10. The molecule has 13 rings (SSSR count). The summed E-state index contributed by atoms with van der Waals surface area (Å²) in [5.74, 6) is 1.76. The van der Waals surface area contributed by atoms with Crippen molar-refractivity contribution in [3.8, 4) is 39.9 Å². The van der Waals surface area contributed by atoms with Gasteiger partial charge in [0.05, 0.1) is 16.7 Å². The topological polar surface area (TPSA) is 56.7 Å². The van der Waals surface area contributed by atoms with E-state index in [9.17, 15) is 0 Å². The summed E-state index contributed by atoms with van der Waals surface area (Å²) in [5.41, 5.74) is 7.44. The molecule has 0 bridgehead atoms. The summed E-state index contributed by atoms with van der Waals surface area (Å²) in [7, 11) is 0. The zero-order valence-corrected chi connectivity index (χ0v) is 32.2. The molecule has 0 aliphatic carbocycles. The van der Waals surface area contributed by atoms with Gasteiger partial charge in [-0.1, -0.05) is 140 Å². The minimum Gasteiger partial charge on any atom is -0.456 e. The minimum atomic E-state index is 0.560. The van der Waals surface area contributed by atoms with E-state index in [0.29, 0.717) is 17.5 Å². The average molecular weight is 765 g/mol. The number of hydrogen-bond donors (Lipinski definition) is 0. The van der Waals surface area contributed by atoms with Gasteiger partial charge in [-0.25, -0.2) is 15.0 Å². The molecule has 0 fully saturated rings. The van der Waals surface area contributed by atoms with E-state index in [-0.39, 0.29) is 0 Å². The number of para-hydroxylation sites is 1. The molecule has 0 spiro atoms. The van der Waals surface area contributed by atoms with Crippen LogP contribution in [-0.2, 0) is 0 Å². The zero-order valence-electron chi connectivity index (χ0n) is 32.2. The van der Waals surface area contributed by atoms with E-state index < -0.39 is 0 Å². The SMILES string of the molecule is c1ccc2cc(-c3nc(-c4ccc5ccccc5c4)nc(-c4cc5oc6ccccc6c5cc4-n4c5cc6ccccc6cc5c5cc6ccccc6cc54)n3)ccc2c1. The Balaban J connectivity index is 1.16. The largest absolute Gasteiger partial charge is 0.456 e. The quantitative estimate of drug-likeness (QED) is 0.179. The summed E-state index contributed by atoms with van der Waals surface area (Å²) >= 11 is 0. The molecule has 0 amide bonds. The highest BCUT2D eigenvalue weighted by atomic mass is 16.3. The molecule has 3 heterocycles. The molecule has 10 aromatic carbocycles. The Hall–Kier alpha value is -8.15. The van der Waals surface area contributed by atoms with Gasteiger partial charge in [-0.05, 0) is 97.7 Å². The van der Waals surface area contributed by atoms with Gasteiger partial charge >= 0.3 is 0 Å². The van der Waals surface area contributed by atoms with Crippen LogP contribution in [-0.4, -0.2) is 19.5 Å². The third-order valence-corrected chi connectivity index (χ3v) is 12.1. The van der Waals surface area contributed by atoms with E-state index in [1.807, 2.05) is 12.1 Å². The van der Waals surface area contributed by atoms with Crippen molar-refractivity contribution < 1.29 is 4.42 Å². The molecular formula is C55H32N4O. The molecule has 0 saturated heterocycles. The van der Waals surface area contributed by atoms with Gasteiger partial charge in [0, 0.05) is 38.2 Å². The second-order valence-electron chi connectivity index (χ2n) is 15.7. The molecule has 0 aliphatic rings. The predicted molar refractivity (Wildman–Crippen MR) is 248 cm³/mol. The molecule has 0 aliphatic heterocycles. The lowest BCUT2D eigenvalue weighted by atomic mass is 10.0. The first-order chi connectivity index (χ1) is 29.7. The highest BCUT2D eigenvalue weighted by Gasteiger charge is 2.23. The van der Waals surface area contributed by atoms with Crippen molar-refractivity contribution in [1.29, 1.82) is 0 Å². The van der Waals surface area contributed by atoms with Crippen LogP contribution in [0.15, 0.2) is 199 Å². The number of hydrogen-bond acceptors (Lipinski definition) is 4. The zero-order chi connectivity index (χ0) is 39.3. The maximum atomic E-state index is 6.62. The van der Waals surface area contributed by atoms with Gasteiger partial charge in [0.2, 0.25) is 0 Å². The lowest BCUT2D eigenvalue weighted by Crippen LogP contribution is -2.04. The van der Waals surface area contributed by atoms with Crippen molar-refractivity contribution in [2.75, 3.05) is 0 Å². The summed E-state index contributed by atoms with van der Waals surface area (Å²) in [4.78, 5) is 16.0. The molecule has 278 valence electrons. The van der Waals surface area contributed by atoms with Crippen molar-refractivity contribution in [1.82, 2.24) is 19.5 Å². The van der Waals surface area contributed by atoms with Crippen LogP contribution >= 0.6 is 0 Å². The molecule has 0 N–H and O–H groups in total. The van der Waals surface area contributed by atoms with Gasteiger partial charge in [0.15, 0.2) is 17.5 Å². The molecule has 5 heteroatoms. The Labute approximate surface area is 343 Å². The summed E-state index contributed by atoms with van der Waals surface area (Å²) < 4.78 is 9.03. The van der Waals surface area contributed by atoms with Gasteiger partial charge in [-0.2, -0.15) is 0 Å². The van der Waals surface area contributed by atoms with Crippen LogP contribution < -0.4 is 0 Å². The molecule has 60 heavy (non-hydrogen) atoms. The fourth-order valence-electron chi connectivity index (χ4n) is 9.18. The van der Waals surface area contributed by atoms with E-state index >= 15 is 0 Å². The summed E-state index contributed by atoms with van der Waals surface area (Å²) in [5, 5.41) is 13.8. The predicted octanol–water partition coefficient (Wildman–Crippen LogP) is 14.5. The monoisotopic (exact) mass is 764 g/mol. The molecule has 0 saturated carbocycles. The lowest BCUT2D eigenvalue weighted by molar-refractivity contribution is 0.669. The Morgan fingerprint density at radius 3 is 1.32 bits per heavy atom.